The van der Waals surface area contributed by atoms with E-state index in [1.807, 2.05) is 41.3 Å². The van der Waals surface area contributed by atoms with Gasteiger partial charge in [0.05, 0.1) is 11.7 Å². The van der Waals surface area contributed by atoms with Crippen LogP contribution in [-0.4, -0.2) is 22.6 Å². The van der Waals surface area contributed by atoms with E-state index in [1.54, 1.807) is 6.20 Å². The van der Waals surface area contributed by atoms with E-state index in [9.17, 15) is 4.79 Å². The second-order valence-corrected chi connectivity index (χ2v) is 5.01. The molecule has 0 unspecified atom stereocenters. The number of benzene rings is 2. The zero-order valence-corrected chi connectivity index (χ0v) is 10.8. The third-order valence-electron chi connectivity index (χ3n) is 3.82. The van der Waals surface area contributed by atoms with E-state index in [4.69, 9.17) is 0 Å². The molecule has 0 spiro atoms. The van der Waals surface area contributed by atoms with Gasteiger partial charge in [0, 0.05) is 23.2 Å². The molecule has 1 aliphatic rings. The SMILES string of the molecule is O=C(c1ccc2cn[nH]c2c1)N1CCc2ccccc21. The molecule has 0 saturated carbocycles. The van der Waals surface area contributed by atoms with E-state index in [1.165, 1.54) is 5.56 Å². The Labute approximate surface area is 116 Å². The molecule has 1 aliphatic heterocycles. The highest BCUT2D eigenvalue weighted by Crippen LogP contribution is 2.29. The van der Waals surface area contributed by atoms with Gasteiger partial charge in [-0.2, -0.15) is 5.10 Å². The van der Waals surface area contributed by atoms with E-state index in [2.05, 4.69) is 16.3 Å². The minimum atomic E-state index is 0.0476. The fraction of sp³-hybridized carbons (Fsp3) is 0.125. The van der Waals surface area contributed by atoms with Crippen LogP contribution in [0.5, 0.6) is 0 Å². The summed E-state index contributed by atoms with van der Waals surface area (Å²) in [7, 11) is 0. The number of hydrogen-bond acceptors (Lipinski definition) is 2. The van der Waals surface area contributed by atoms with Gasteiger partial charge in [-0.15, -0.1) is 0 Å². The van der Waals surface area contributed by atoms with Gasteiger partial charge in [-0.1, -0.05) is 24.3 Å². The molecular formula is C16H13N3O. The zero-order chi connectivity index (χ0) is 13.5. The largest absolute Gasteiger partial charge is 0.308 e. The summed E-state index contributed by atoms with van der Waals surface area (Å²) in [5.41, 5.74) is 3.85. The Bertz CT molecular complexity index is 806. The summed E-state index contributed by atoms with van der Waals surface area (Å²) in [6.07, 6.45) is 2.68. The van der Waals surface area contributed by atoms with Crippen molar-refractivity contribution in [1.29, 1.82) is 0 Å². The van der Waals surface area contributed by atoms with Crippen molar-refractivity contribution >= 4 is 22.5 Å². The molecule has 1 N–H and O–H groups in total. The second-order valence-electron chi connectivity index (χ2n) is 5.01. The molecule has 98 valence electrons. The van der Waals surface area contributed by atoms with Crippen LogP contribution in [0.1, 0.15) is 15.9 Å². The number of nitrogens with zero attached hydrogens (tertiary/aromatic N) is 2. The third kappa shape index (κ3) is 1.61. The van der Waals surface area contributed by atoms with Gasteiger partial charge in [-0.25, -0.2) is 0 Å². The normalized spacial score (nSPS) is 13.7. The van der Waals surface area contributed by atoms with Crippen molar-refractivity contribution in [2.45, 2.75) is 6.42 Å². The third-order valence-corrected chi connectivity index (χ3v) is 3.82. The average molecular weight is 263 g/mol. The van der Waals surface area contributed by atoms with E-state index < -0.39 is 0 Å². The summed E-state index contributed by atoms with van der Waals surface area (Å²) < 4.78 is 0. The molecule has 0 saturated heterocycles. The molecule has 0 fully saturated rings. The number of aromatic nitrogens is 2. The highest BCUT2D eigenvalue weighted by atomic mass is 16.2. The van der Waals surface area contributed by atoms with Crippen molar-refractivity contribution < 1.29 is 4.79 Å². The van der Waals surface area contributed by atoms with E-state index in [-0.39, 0.29) is 5.91 Å². The first-order chi connectivity index (χ1) is 9.83. The molecular weight excluding hydrogens is 250 g/mol. The number of carbonyl (C=O) groups excluding carboxylic acids is 1. The van der Waals surface area contributed by atoms with E-state index in [0.717, 1.165) is 29.6 Å². The molecule has 2 aromatic carbocycles. The van der Waals surface area contributed by atoms with Crippen molar-refractivity contribution in [1.82, 2.24) is 10.2 Å². The topological polar surface area (TPSA) is 49.0 Å². The lowest BCUT2D eigenvalue weighted by molar-refractivity contribution is 0.0989. The fourth-order valence-corrected chi connectivity index (χ4v) is 2.78. The highest BCUT2D eigenvalue weighted by molar-refractivity contribution is 6.08. The molecule has 0 radical (unpaired) electrons. The first-order valence-corrected chi connectivity index (χ1v) is 6.66. The van der Waals surface area contributed by atoms with Crippen LogP contribution >= 0.6 is 0 Å². The molecule has 0 bridgehead atoms. The summed E-state index contributed by atoms with van der Waals surface area (Å²) in [4.78, 5) is 14.5. The molecule has 1 amide bonds. The Morgan fingerprint density at radius 2 is 2.10 bits per heavy atom. The molecule has 4 heteroatoms. The maximum Gasteiger partial charge on any atom is 0.258 e. The highest BCUT2D eigenvalue weighted by Gasteiger charge is 2.25. The van der Waals surface area contributed by atoms with Crippen LogP contribution in [0.2, 0.25) is 0 Å². The number of aromatic amines is 1. The molecule has 0 aliphatic carbocycles. The summed E-state index contributed by atoms with van der Waals surface area (Å²) in [6.45, 7) is 0.749. The summed E-state index contributed by atoms with van der Waals surface area (Å²) in [6, 6.07) is 13.7. The molecule has 0 atom stereocenters. The van der Waals surface area contributed by atoms with Crippen molar-refractivity contribution in [3.05, 3.63) is 59.8 Å². The fourth-order valence-electron chi connectivity index (χ4n) is 2.78. The minimum absolute atomic E-state index is 0.0476. The first-order valence-electron chi connectivity index (χ1n) is 6.66. The summed E-state index contributed by atoms with van der Waals surface area (Å²) in [5.74, 6) is 0.0476. The lowest BCUT2D eigenvalue weighted by Gasteiger charge is -2.17. The molecule has 2 heterocycles. The Morgan fingerprint density at radius 3 is 3.05 bits per heavy atom. The number of para-hydroxylation sites is 1. The van der Waals surface area contributed by atoms with Crippen LogP contribution in [0.15, 0.2) is 48.7 Å². The molecule has 20 heavy (non-hydrogen) atoms. The first kappa shape index (κ1) is 11.2. The quantitative estimate of drug-likeness (QED) is 0.734. The molecule has 1 aromatic heterocycles. The number of carbonyl (C=O) groups is 1. The Morgan fingerprint density at radius 1 is 1.20 bits per heavy atom. The number of nitrogens with one attached hydrogen (secondary N) is 1. The van der Waals surface area contributed by atoms with Crippen LogP contribution in [0.25, 0.3) is 10.9 Å². The Hall–Kier alpha value is -2.62. The van der Waals surface area contributed by atoms with Crippen molar-refractivity contribution in [2.24, 2.45) is 0 Å². The van der Waals surface area contributed by atoms with E-state index in [0.29, 0.717) is 5.56 Å². The van der Waals surface area contributed by atoms with Gasteiger partial charge < -0.3 is 4.90 Å². The molecule has 3 aromatic rings. The van der Waals surface area contributed by atoms with Gasteiger partial charge >= 0.3 is 0 Å². The summed E-state index contributed by atoms with van der Waals surface area (Å²) in [5, 5.41) is 7.91. The van der Waals surface area contributed by atoms with Gasteiger partial charge in [0.25, 0.3) is 5.91 Å². The van der Waals surface area contributed by atoms with Gasteiger partial charge in [0.1, 0.15) is 0 Å². The van der Waals surface area contributed by atoms with Gasteiger partial charge in [0.2, 0.25) is 0 Å². The van der Waals surface area contributed by atoms with Gasteiger partial charge in [-0.05, 0) is 30.2 Å². The monoisotopic (exact) mass is 263 g/mol. The maximum atomic E-state index is 12.7. The van der Waals surface area contributed by atoms with Crippen LogP contribution in [0.3, 0.4) is 0 Å². The number of H-pyrrole nitrogens is 1. The molecule has 4 nitrogen and oxygen atoms in total. The van der Waals surface area contributed by atoms with E-state index >= 15 is 0 Å². The standard InChI is InChI=1S/C16H13N3O/c20-16(12-5-6-13-10-17-18-14(13)9-12)19-8-7-11-3-1-2-4-15(11)19/h1-6,9-10H,7-8H2,(H,17,18). The van der Waals surface area contributed by atoms with Crippen LogP contribution in [-0.2, 0) is 6.42 Å². The number of anilines is 1. The predicted octanol–water partition coefficient (Wildman–Crippen LogP) is 2.77. The van der Waals surface area contributed by atoms with Crippen LogP contribution < -0.4 is 4.90 Å². The van der Waals surface area contributed by atoms with Crippen LogP contribution in [0, 0.1) is 0 Å². The number of fused-ring (bicyclic) bond motifs is 2. The number of hydrogen-bond donors (Lipinski definition) is 1. The smallest absolute Gasteiger partial charge is 0.258 e. The predicted molar refractivity (Wildman–Crippen MR) is 77.9 cm³/mol. The van der Waals surface area contributed by atoms with Crippen molar-refractivity contribution in [3.63, 3.8) is 0 Å². The summed E-state index contributed by atoms with van der Waals surface area (Å²) >= 11 is 0. The number of amides is 1. The van der Waals surface area contributed by atoms with Crippen molar-refractivity contribution in [2.75, 3.05) is 11.4 Å². The van der Waals surface area contributed by atoms with Crippen molar-refractivity contribution in [3.8, 4) is 0 Å². The minimum Gasteiger partial charge on any atom is -0.308 e. The lowest BCUT2D eigenvalue weighted by atomic mass is 10.1. The Balaban J connectivity index is 1.74. The van der Waals surface area contributed by atoms with Gasteiger partial charge in [-0.3, -0.25) is 9.89 Å². The Kier molecular flexibility index (Phi) is 2.36. The molecule has 4 rings (SSSR count). The zero-order valence-electron chi connectivity index (χ0n) is 10.8. The van der Waals surface area contributed by atoms with Crippen LogP contribution in [0.4, 0.5) is 5.69 Å². The lowest BCUT2D eigenvalue weighted by Crippen LogP contribution is -2.28. The van der Waals surface area contributed by atoms with Gasteiger partial charge in [0.15, 0.2) is 0 Å². The number of rotatable bonds is 1. The average Bonchev–Trinajstić information content (AvgIpc) is 3.12. The second kappa shape index (κ2) is 4.20. The maximum absolute atomic E-state index is 12.7.